The highest BCUT2D eigenvalue weighted by molar-refractivity contribution is 6.02. The van der Waals surface area contributed by atoms with Crippen LogP contribution in [0.15, 0.2) is 18.2 Å². The van der Waals surface area contributed by atoms with Crippen LogP contribution in [0, 0.1) is 0 Å². The molecule has 1 aliphatic rings. The van der Waals surface area contributed by atoms with Crippen LogP contribution in [0.3, 0.4) is 0 Å². The molecular weight excluding hydrogens is 230 g/mol. The summed E-state index contributed by atoms with van der Waals surface area (Å²) in [6, 6.07) is 5.33. The Hall–Kier alpha value is -2.04. The highest BCUT2D eigenvalue weighted by Gasteiger charge is 2.25. The predicted octanol–water partition coefficient (Wildman–Crippen LogP) is 1.74. The molecule has 0 atom stereocenters. The Morgan fingerprint density at radius 2 is 2.17 bits per heavy atom. The number of nitrogens with one attached hydrogen (secondary N) is 2. The van der Waals surface area contributed by atoms with Crippen molar-refractivity contribution in [2.45, 2.75) is 20.3 Å². The Balaban J connectivity index is 2.17. The topological polar surface area (TPSA) is 61.4 Å². The van der Waals surface area contributed by atoms with E-state index in [2.05, 4.69) is 10.6 Å². The third-order valence-electron chi connectivity index (χ3n) is 2.92. The summed E-state index contributed by atoms with van der Waals surface area (Å²) in [4.78, 5) is 24.9. The maximum absolute atomic E-state index is 11.7. The molecule has 0 saturated carbocycles. The maximum atomic E-state index is 11.7. The van der Waals surface area contributed by atoms with E-state index < -0.39 is 0 Å². The number of rotatable bonds is 3. The lowest BCUT2D eigenvalue weighted by molar-refractivity contribution is -0.117. The van der Waals surface area contributed by atoms with Gasteiger partial charge in [0.25, 0.3) is 0 Å². The van der Waals surface area contributed by atoms with E-state index in [0.29, 0.717) is 25.2 Å². The number of nitrogens with zero attached hydrogens (tertiary/aromatic N) is 1. The minimum atomic E-state index is -0.228. The van der Waals surface area contributed by atoms with Crippen molar-refractivity contribution in [2.75, 3.05) is 23.3 Å². The number of amides is 3. The maximum Gasteiger partial charge on any atom is 0.319 e. The standard InChI is InChI=1S/C13H17N3O2/c1-3-14-13(18)15-10-5-6-11-9(7-10)8-12(17)16(11)4-2/h5-7H,3-4,8H2,1-2H3,(H2,14,15,18). The Morgan fingerprint density at radius 1 is 1.39 bits per heavy atom. The summed E-state index contributed by atoms with van der Waals surface area (Å²) in [6.45, 7) is 5.07. The number of carbonyl (C=O) groups is 2. The SMILES string of the molecule is CCNC(=O)Nc1ccc2c(c1)CC(=O)N2CC. The fourth-order valence-corrected chi connectivity index (χ4v) is 2.14. The van der Waals surface area contributed by atoms with E-state index in [1.54, 1.807) is 4.90 Å². The number of hydrogen-bond acceptors (Lipinski definition) is 2. The second-order valence-corrected chi connectivity index (χ2v) is 4.14. The zero-order valence-electron chi connectivity index (χ0n) is 10.6. The third kappa shape index (κ3) is 2.30. The molecule has 0 fully saturated rings. The number of carbonyl (C=O) groups excluding carboxylic acids is 2. The first-order valence-corrected chi connectivity index (χ1v) is 6.13. The van der Waals surface area contributed by atoms with Crippen LogP contribution in [0.5, 0.6) is 0 Å². The van der Waals surface area contributed by atoms with Crippen molar-refractivity contribution in [3.63, 3.8) is 0 Å². The molecule has 0 unspecified atom stereocenters. The monoisotopic (exact) mass is 247 g/mol. The molecule has 0 spiro atoms. The first-order chi connectivity index (χ1) is 8.65. The number of benzene rings is 1. The molecule has 5 nitrogen and oxygen atoms in total. The number of hydrogen-bond donors (Lipinski definition) is 2. The van der Waals surface area contributed by atoms with Crippen molar-refractivity contribution in [2.24, 2.45) is 0 Å². The Bertz CT molecular complexity index is 485. The molecule has 0 aliphatic carbocycles. The molecule has 5 heteroatoms. The zero-order chi connectivity index (χ0) is 13.1. The van der Waals surface area contributed by atoms with E-state index in [4.69, 9.17) is 0 Å². The summed E-state index contributed by atoms with van der Waals surface area (Å²) in [5.74, 6) is 0.114. The van der Waals surface area contributed by atoms with Gasteiger partial charge in [-0.25, -0.2) is 4.79 Å². The Morgan fingerprint density at radius 3 is 2.83 bits per heavy atom. The largest absolute Gasteiger partial charge is 0.338 e. The second kappa shape index (κ2) is 5.08. The van der Waals surface area contributed by atoms with Gasteiger partial charge in [-0.1, -0.05) is 0 Å². The number of likely N-dealkylation sites (N-methyl/N-ethyl adjacent to an activating group) is 1. The highest BCUT2D eigenvalue weighted by Crippen LogP contribution is 2.30. The highest BCUT2D eigenvalue weighted by atomic mass is 16.2. The van der Waals surface area contributed by atoms with Crippen LogP contribution in [-0.2, 0) is 11.2 Å². The zero-order valence-corrected chi connectivity index (χ0v) is 10.6. The molecule has 18 heavy (non-hydrogen) atoms. The van der Waals surface area contributed by atoms with Crippen LogP contribution < -0.4 is 15.5 Å². The van der Waals surface area contributed by atoms with Crippen LogP contribution in [0.4, 0.5) is 16.2 Å². The summed E-state index contributed by atoms with van der Waals surface area (Å²) in [5.41, 5.74) is 2.63. The van der Waals surface area contributed by atoms with Crippen LogP contribution in [0.25, 0.3) is 0 Å². The van der Waals surface area contributed by atoms with Crippen LogP contribution in [-0.4, -0.2) is 25.0 Å². The predicted molar refractivity (Wildman–Crippen MR) is 70.9 cm³/mol. The molecule has 2 rings (SSSR count). The fourth-order valence-electron chi connectivity index (χ4n) is 2.14. The van der Waals surface area contributed by atoms with Crippen molar-refractivity contribution < 1.29 is 9.59 Å². The molecule has 0 aromatic heterocycles. The first-order valence-electron chi connectivity index (χ1n) is 6.13. The fraction of sp³-hybridized carbons (Fsp3) is 0.385. The number of fused-ring (bicyclic) bond motifs is 1. The molecule has 2 N–H and O–H groups in total. The van der Waals surface area contributed by atoms with Gasteiger partial charge in [-0.3, -0.25) is 4.79 Å². The van der Waals surface area contributed by atoms with E-state index in [1.807, 2.05) is 32.0 Å². The summed E-state index contributed by atoms with van der Waals surface area (Å²) >= 11 is 0. The van der Waals surface area contributed by atoms with Gasteiger partial charge in [0.15, 0.2) is 0 Å². The molecule has 0 radical (unpaired) electrons. The normalized spacial score (nSPS) is 13.4. The summed E-state index contributed by atoms with van der Waals surface area (Å²) in [6.07, 6.45) is 0.411. The van der Waals surface area contributed by atoms with Crippen LogP contribution >= 0.6 is 0 Å². The summed E-state index contributed by atoms with van der Waals surface area (Å²) in [5, 5.41) is 5.40. The van der Waals surface area contributed by atoms with Gasteiger partial charge in [0.2, 0.25) is 5.91 Å². The Kier molecular flexibility index (Phi) is 3.50. The van der Waals surface area contributed by atoms with Gasteiger partial charge in [-0.15, -0.1) is 0 Å². The lowest BCUT2D eigenvalue weighted by Crippen LogP contribution is -2.28. The van der Waals surface area contributed by atoms with Crippen molar-refractivity contribution in [1.82, 2.24) is 5.32 Å². The van der Waals surface area contributed by atoms with Gasteiger partial charge in [-0.05, 0) is 37.6 Å². The third-order valence-corrected chi connectivity index (χ3v) is 2.92. The van der Waals surface area contributed by atoms with Crippen molar-refractivity contribution in [1.29, 1.82) is 0 Å². The average Bonchev–Trinajstić information content (AvgIpc) is 2.63. The van der Waals surface area contributed by atoms with E-state index in [1.165, 1.54) is 0 Å². The van der Waals surface area contributed by atoms with Gasteiger partial charge < -0.3 is 15.5 Å². The summed E-state index contributed by atoms with van der Waals surface area (Å²) < 4.78 is 0. The van der Waals surface area contributed by atoms with E-state index >= 15 is 0 Å². The second-order valence-electron chi connectivity index (χ2n) is 4.14. The van der Waals surface area contributed by atoms with Crippen molar-refractivity contribution in [3.8, 4) is 0 Å². The van der Waals surface area contributed by atoms with E-state index in [9.17, 15) is 9.59 Å². The van der Waals surface area contributed by atoms with E-state index in [-0.39, 0.29) is 11.9 Å². The molecule has 3 amide bonds. The molecule has 1 aromatic carbocycles. The van der Waals surface area contributed by atoms with Gasteiger partial charge >= 0.3 is 6.03 Å². The van der Waals surface area contributed by atoms with Crippen LogP contribution in [0.2, 0.25) is 0 Å². The average molecular weight is 247 g/mol. The van der Waals surface area contributed by atoms with Crippen molar-refractivity contribution in [3.05, 3.63) is 23.8 Å². The molecule has 0 bridgehead atoms. The Labute approximate surface area is 106 Å². The van der Waals surface area contributed by atoms with Crippen LogP contribution in [0.1, 0.15) is 19.4 Å². The molecule has 1 aromatic rings. The minimum Gasteiger partial charge on any atom is -0.338 e. The lowest BCUT2D eigenvalue weighted by atomic mass is 10.1. The van der Waals surface area contributed by atoms with Gasteiger partial charge in [0.05, 0.1) is 6.42 Å². The number of anilines is 2. The van der Waals surface area contributed by atoms with Gasteiger partial charge in [0, 0.05) is 24.5 Å². The quantitative estimate of drug-likeness (QED) is 0.854. The molecular formula is C13H17N3O2. The van der Waals surface area contributed by atoms with Gasteiger partial charge in [0.1, 0.15) is 0 Å². The lowest BCUT2D eigenvalue weighted by Gasteiger charge is -2.14. The first kappa shape index (κ1) is 12.4. The summed E-state index contributed by atoms with van der Waals surface area (Å²) in [7, 11) is 0. The smallest absolute Gasteiger partial charge is 0.319 e. The molecule has 1 heterocycles. The molecule has 96 valence electrons. The van der Waals surface area contributed by atoms with E-state index in [0.717, 1.165) is 11.3 Å². The molecule has 0 saturated heterocycles. The number of urea groups is 1. The van der Waals surface area contributed by atoms with Crippen molar-refractivity contribution >= 4 is 23.3 Å². The molecule has 1 aliphatic heterocycles. The van der Waals surface area contributed by atoms with Gasteiger partial charge in [-0.2, -0.15) is 0 Å². The minimum absolute atomic E-state index is 0.114.